The van der Waals surface area contributed by atoms with Gasteiger partial charge in [-0.05, 0) is 49.4 Å². The summed E-state index contributed by atoms with van der Waals surface area (Å²) in [4.78, 5) is 4.31. The maximum Gasteiger partial charge on any atom is 0.0333 e. The zero-order chi connectivity index (χ0) is 10.1. The lowest BCUT2D eigenvalue weighted by molar-refractivity contribution is 0.149. The molecule has 4 heteroatoms. The second-order valence-corrected chi connectivity index (χ2v) is 5.57. The van der Waals surface area contributed by atoms with Gasteiger partial charge in [-0.25, -0.2) is 0 Å². The standard InChI is InChI=1S/C12H18N2S.ClH/c1-5-13-6-2-11(1)14-7-3-10-4-8-15-12(10)9-14;/h4,8,11,13H,1-3,5-7,9H2;1H. The fourth-order valence-electron chi connectivity index (χ4n) is 2.74. The van der Waals surface area contributed by atoms with Gasteiger partial charge in [0, 0.05) is 24.0 Å². The molecular formula is C12H19ClN2S. The summed E-state index contributed by atoms with van der Waals surface area (Å²) >= 11 is 1.94. The van der Waals surface area contributed by atoms with E-state index in [1.807, 2.05) is 11.3 Å². The second-order valence-electron chi connectivity index (χ2n) is 4.57. The third-order valence-electron chi connectivity index (χ3n) is 3.68. The van der Waals surface area contributed by atoms with Crippen molar-refractivity contribution >= 4 is 23.7 Å². The number of halogens is 1. The Morgan fingerprint density at radius 2 is 2.12 bits per heavy atom. The van der Waals surface area contributed by atoms with Crippen molar-refractivity contribution < 1.29 is 0 Å². The Hall–Kier alpha value is -0.0900. The second kappa shape index (κ2) is 5.50. The van der Waals surface area contributed by atoms with E-state index in [1.165, 1.54) is 45.4 Å². The molecule has 0 aromatic carbocycles. The zero-order valence-electron chi connectivity index (χ0n) is 9.45. The number of thiophene rings is 1. The molecule has 0 bridgehead atoms. The molecule has 3 heterocycles. The van der Waals surface area contributed by atoms with Crippen LogP contribution in [0.3, 0.4) is 0 Å². The van der Waals surface area contributed by atoms with Gasteiger partial charge < -0.3 is 5.32 Å². The molecular weight excluding hydrogens is 240 g/mol. The fraction of sp³-hybridized carbons (Fsp3) is 0.667. The van der Waals surface area contributed by atoms with Crippen LogP contribution in [0.25, 0.3) is 0 Å². The molecule has 1 fully saturated rings. The molecule has 0 amide bonds. The van der Waals surface area contributed by atoms with E-state index in [4.69, 9.17) is 0 Å². The molecule has 3 rings (SSSR count). The Kier molecular flexibility index (Phi) is 4.25. The van der Waals surface area contributed by atoms with E-state index < -0.39 is 0 Å². The molecule has 1 N–H and O–H groups in total. The highest BCUT2D eigenvalue weighted by atomic mass is 35.5. The summed E-state index contributed by atoms with van der Waals surface area (Å²) in [7, 11) is 0. The van der Waals surface area contributed by atoms with Crippen molar-refractivity contribution in [2.24, 2.45) is 0 Å². The highest BCUT2D eigenvalue weighted by Crippen LogP contribution is 2.27. The van der Waals surface area contributed by atoms with Gasteiger partial charge in [0.15, 0.2) is 0 Å². The van der Waals surface area contributed by atoms with Crippen LogP contribution in [0.15, 0.2) is 11.4 Å². The smallest absolute Gasteiger partial charge is 0.0333 e. The Bertz CT molecular complexity index is 334. The van der Waals surface area contributed by atoms with E-state index in [0.717, 1.165) is 6.04 Å². The minimum absolute atomic E-state index is 0. The first kappa shape index (κ1) is 12.4. The first-order valence-corrected chi connectivity index (χ1v) is 6.81. The van der Waals surface area contributed by atoms with Crippen LogP contribution < -0.4 is 5.32 Å². The van der Waals surface area contributed by atoms with Crippen LogP contribution in [0.5, 0.6) is 0 Å². The van der Waals surface area contributed by atoms with Gasteiger partial charge in [-0.2, -0.15) is 0 Å². The summed E-state index contributed by atoms with van der Waals surface area (Å²) in [6.45, 7) is 4.89. The minimum Gasteiger partial charge on any atom is -0.317 e. The van der Waals surface area contributed by atoms with Crippen LogP contribution in [0.4, 0.5) is 0 Å². The molecule has 1 aromatic heterocycles. The summed E-state index contributed by atoms with van der Waals surface area (Å²) < 4.78 is 0. The zero-order valence-corrected chi connectivity index (χ0v) is 11.1. The van der Waals surface area contributed by atoms with Crippen LogP contribution in [0, 0.1) is 0 Å². The largest absolute Gasteiger partial charge is 0.317 e. The fourth-order valence-corrected chi connectivity index (χ4v) is 3.70. The normalized spacial score (nSPS) is 22.5. The van der Waals surface area contributed by atoms with Crippen molar-refractivity contribution in [1.29, 1.82) is 0 Å². The lowest BCUT2D eigenvalue weighted by Crippen LogP contribution is -2.44. The third-order valence-corrected chi connectivity index (χ3v) is 4.63. The van der Waals surface area contributed by atoms with Gasteiger partial charge >= 0.3 is 0 Å². The van der Waals surface area contributed by atoms with Crippen molar-refractivity contribution in [3.8, 4) is 0 Å². The number of nitrogens with one attached hydrogen (secondary N) is 1. The van der Waals surface area contributed by atoms with Crippen molar-refractivity contribution in [2.75, 3.05) is 19.6 Å². The maximum atomic E-state index is 3.44. The highest BCUT2D eigenvalue weighted by molar-refractivity contribution is 7.10. The van der Waals surface area contributed by atoms with Gasteiger partial charge in [0.25, 0.3) is 0 Å². The molecule has 1 saturated heterocycles. The quantitative estimate of drug-likeness (QED) is 0.832. The third kappa shape index (κ3) is 2.43. The van der Waals surface area contributed by atoms with Gasteiger partial charge in [-0.3, -0.25) is 4.90 Å². The molecule has 0 saturated carbocycles. The van der Waals surface area contributed by atoms with Gasteiger partial charge in [0.1, 0.15) is 0 Å². The summed E-state index contributed by atoms with van der Waals surface area (Å²) in [5.74, 6) is 0. The Labute approximate surface area is 107 Å². The molecule has 0 spiro atoms. The van der Waals surface area contributed by atoms with E-state index in [1.54, 1.807) is 10.4 Å². The number of piperidine rings is 1. The van der Waals surface area contributed by atoms with E-state index >= 15 is 0 Å². The van der Waals surface area contributed by atoms with Gasteiger partial charge in [-0.1, -0.05) is 0 Å². The molecule has 2 aliphatic heterocycles. The van der Waals surface area contributed by atoms with Crippen molar-refractivity contribution in [3.63, 3.8) is 0 Å². The SMILES string of the molecule is Cl.c1cc2c(s1)CN(C1CCNCC1)CC2. The number of rotatable bonds is 1. The number of fused-ring (bicyclic) bond motifs is 1. The molecule has 0 radical (unpaired) electrons. The van der Waals surface area contributed by atoms with Crippen LogP contribution in [0.2, 0.25) is 0 Å². The summed E-state index contributed by atoms with van der Waals surface area (Å²) in [6.07, 6.45) is 3.93. The summed E-state index contributed by atoms with van der Waals surface area (Å²) in [5, 5.41) is 5.69. The molecule has 2 aliphatic rings. The molecule has 0 aliphatic carbocycles. The van der Waals surface area contributed by atoms with Crippen LogP contribution in [0.1, 0.15) is 23.3 Å². The maximum absolute atomic E-state index is 3.44. The van der Waals surface area contributed by atoms with E-state index in [-0.39, 0.29) is 12.4 Å². The van der Waals surface area contributed by atoms with Crippen molar-refractivity contribution in [3.05, 3.63) is 21.9 Å². The predicted molar refractivity (Wildman–Crippen MR) is 71.6 cm³/mol. The van der Waals surface area contributed by atoms with E-state index in [9.17, 15) is 0 Å². The van der Waals surface area contributed by atoms with Crippen LogP contribution in [-0.2, 0) is 13.0 Å². The van der Waals surface area contributed by atoms with Crippen molar-refractivity contribution in [2.45, 2.75) is 31.8 Å². The van der Waals surface area contributed by atoms with Crippen LogP contribution in [-0.4, -0.2) is 30.6 Å². The number of hydrogen-bond donors (Lipinski definition) is 1. The molecule has 0 atom stereocenters. The first-order chi connectivity index (χ1) is 7.43. The predicted octanol–water partition coefficient (Wildman–Crippen LogP) is 2.28. The van der Waals surface area contributed by atoms with E-state index in [2.05, 4.69) is 21.7 Å². The lowest BCUT2D eigenvalue weighted by atomic mass is 10.0. The molecule has 2 nitrogen and oxygen atoms in total. The van der Waals surface area contributed by atoms with Gasteiger partial charge in [-0.15, -0.1) is 23.7 Å². The minimum atomic E-state index is 0. The number of nitrogens with zero attached hydrogens (tertiary/aromatic N) is 1. The Morgan fingerprint density at radius 3 is 2.94 bits per heavy atom. The Morgan fingerprint density at radius 1 is 1.31 bits per heavy atom. The first-order valence-electron chi connectivity index (χ1n) is 5.93. The molecule has 0 unspecified atom stereocenters. The average molecular weight is 259 g/mol. The molecule has 1 aromatic rings. The summed E-state index contributed by atoms with van der Waals surface area (Å²) in [6, 6.07) is 3.14. The van der Waals surface area contributed by atoms with Crippen molar-refractivity contribution in [1.82, 2.24) is 10.2 Å². The van der Waals surface area contributed by atoms with Gasteiger partial charge in [0.2, 0.25) is 0 Å². The van der Waals surface area contributed by atoms with Crippen LogP contribution >= 0.6 is 23.7 Å². The monoisotopic (exact) mass is 258 g/mol. The molecule has 90 valence electrons. The number of hydrogen-bond acceptors (Lipinski definition) is 3. The lowest BCUT2D eigenvalue weighted by Gasteiger charge is -2.36. The topological polar surface area (TPSA) is 15.3 Å². The summed E-state index contributed by atoms with van der Waals surface area (Å²) in [5.41, 5.74) is 1.60. The van der Waals surface area contributed by atoms with E-state index in [0.29, 0.717) is 0 Å². The average Bonchev–Trinajstić information content (AvgIpc) is 2.77. The Balaban J connectivity index is 0.000000963. The van der Waals surface area contributed by atoms with Gasteiger partial charge in [0.05, 0.1) is 0 Å². The highest BCUT2D eigenvalue weighted by Gasteiger charge is 2.25. The molecule has 16 heavy (non-hydrogen) atoms.